The van der Waals surface area contributed by atoms with Gasteiger partial charge in [0, 0.05) is 19.0 Å². The van der Waals surface area contributed by atoms with E-state index in [1.807, 2.05) is 17.7 Å². The lowest BCUT2D eigenvalue weighted by molar-refractivity contribution is 0.784. The van der Waals surface area contributed by atoms with Crippen LogP contribution in [-0.2, 0) is 7.05 Å². The molecule has 1 saturated carbocycles. The molecule has 0 amide bonds. The molecule has 0 spiro atoms. The molecule has 1 fully saturated rings. The zero-order valence-electron chi connectivity index (χ0n) is 9.87. The Hall–Kier alpha value is -1.67. The lowest BCUT2D eigenvalue weighted by Crippen LogP contribution is -2.10. The molecule has 0 saturated heterocycles. The molecular weight excluding hydrogens is 250 g/mol. The summed E-state index contributed by atoms with van der Waals surface area (Å²) in [5.41, 5.74) is 2.58. The lowest BCUT2D eigenvalue weighted by Gasteiger charge is -2.06. The standard InChI is InChI=1S/C10H13N7S/c1-17-5-12-16-10(17)18-8-4-7(15-11)13-9(14-8)6-2-3-6/h4-6H,2-3,11H2,1H3,(H,13,14,15). The smallest absolute Gasteiger partial charge is 0.197 e. The summed E-state index contributed by atoms with van der Waals surface area (Å²) >= 11 is 1.45. The number of rotatable bonds is 4. The van der Waals surface area contributed by atoms with Gasteiger partial charge in [-0.05, 0) is 24.6 Å². The van der Waals surface area contributed by atoms with Crippen molar-refractivity contribution in [3.8, 4) is 0 Å². The number of anilines is 1. The van der Waals surface area contributed by atoms with Crippen molar-refractivity contribution in [2.24, 2.45) is 12.9 Å². The van der Waals surface area contributed by atoms with Gasteiger partial charge in [0.2, 0.25) is 0 Å². The number of nitrogens with zero attached hydrogens (tertiary/aromatic N) is 5. The van der Waals surface area contributed by atoms with E-state index in [4.69, 9.17) is 5.84 Å². The number of hydrazine groups is 1. The Kier molecular flexibility index (Phi) is 2.88. The SMILES string of the molecule is Cn1cnnc1Sc1cc(NN)nc(C2CC2)n1. The molecule has 0 aromatic carbocycles. The van der Waals surface area contributed by atoms with E-state index in [9.17, 15) is 0 Å². The van der Waals surface area contributed by atoms with Crippen molar-refractivity contribution >= 4 is 17.6 Å². The number of nitrogens with two attached hydrogens (primary N) is 1. The van der Waals surface area contributed by atoms with E-state index in [0.29, 0.717) is 11.7 Å². The first-order valence-corrected chi connectivity index (χ1v) is 6.45. The molecule has 1 aliphatic rings. The summed E-state index contributed by atoms with van der Waals surface area (Å²) in [4.78, 5) is 8.90. The van der Waals surface area contributed by atoms with Gasteiger partial charge >= 0.3 is 0 Å². The molecular formula is C10H13N7S. The molecule has 0 bridgehead atoms. The van der Waals surface area contributed by atoms with E-state index in [0.717, 1.165) is 28.8 Å². The molecule has 3 rings (SSSR count). The van der Waals surface area contributed by atoms with Crippen LogP contribution in [0, 0.1) is 0 Å². The van der Waals surface area contributed by atoms with Crippen LogP contribution >= 0.6 is 11.8 Å². The van der Waals surface area contributed by atoms with Crippen molar-refractivity contribution in [2.75, 3.05) is 5.43 Å². The van der Waals surface area contributed by atoms with E-state index in [1.54, 1.807) is 6.33 Å². The molecule has 2 heterocycles. The maximum absolute atomic E-state index is 5.43. The zero-order valence-corrected chi connectivity index (χ0v) is 10.7. The van der Waals surface area contributed by atoms with Crippen molar-refractivity contribution in [3.63, 3.8) is 0 Å². The molecule has 7 nitrogen and oxygen atoms in total. The van der Waals surface area contributed by atoms with Gasteiger partial charge in [-0.15, -0.1) is 10.2 Å². The summed E-state index contributed by atoms with van der Waals surface area (Å²) in [5, 5.41) is 9.48. The van der Waals surface area contributed by atoms with E-state index in [1.165, 1.54) is 11.8 Å². The molecule has 0 radical (unpaired) electrons. The van der Waals surface area contributed by atoms with Crippen LogP contribution in [0.1, 0.15) is 24.6 Å². The number of hydrogen-bond acceptors (Lipinski definition) is 7. The first-order chi connectivity index (χ1) is 8.76. The minimum absolute atomic E-state index is 0.483. The highest BCUT2D eigenvalue weighted by Crippen LogP contribution is 2.39. The van der Waals surface area contributed by atoms with Crippen LogP contribution in [-0.4, -0.2) is 24.7 Å². The number of hydrogen-bond donors (Lipinski definition) is 2. The minimum Gasteiger partial charge on any atom is -0.311 e. The summed E-state index contributed by atoms with van der Waals surface area (Å²) < 4.78 is 1.85. The summed E-state index contributed by atoms with van der Waals surface area (Å²) in [6.07, 6.45) is 3.97. The molecule has 2 aromatic heterocycles. The van der Waals surface area contributed by atoms with Crippen LogP contribution in [0.25, 0.3) is 0 Å². The summed E-state index contributed by atoms with van der Waals surface area (Å²) in [5.74, 6) is 7.40. The maximum atomic E-state index is 5.43. The largest absolute Gasteiger partial charge is 0.311 e. The summed E-state index contributed by atoms with van der Waals surface area (Å²) in [6.45, 7) is 0. The van der Waals surface area contributed by atoms with Crippen molar-refractivity contribution in [2.45, 2.75) is 28.9 Å². The van der Waals surface area contributed by atoms with Gasteiger partial charge in [-0.1, -0.05) is 0 Å². The van der Waals surface area contributed by atoms with Crippen molar-refractivity contribution in [3.05, 3.63) is 18.2 Å². The first-order valence-electron chi connectivity index (χ1n) is 5.63. The number of nitrogens with one attached hydrogen (secondary N) is 1. The molecule has 3 N–H and O–H groups in total. The third-order valence-corrected chi connectivity index (χ3v) is 3.65. The molecule has 8 heteroatoms. The number of aromatic nitrogens is 5. The highest BCUT2D eigenvalue weighted by molar-refractivity contribution is 7.99. The first kappa shape index (κ1) is 11.4. The molecule has 94 valence electrons. The number of aryl methyl sites for hydroxylation is 1. The van der Waals surface area contributed by atoms with Crippen LogP contribution in [0.15, 0.2) is 22.6 Å². The predicted molar refractivity (Wildman–Crippen MR) is 66.9 cm³/mol. The van der Waals surface area contributed by atoms with Gasteiger partial charge in [0.25, 0.3) is 0 Å². The Balaban J connectivity index is 1.90. The Morgan fingerprint density at radius 1 is 1.44 bits per heavy atom. The maximum Gasteiger partial charge on any atom is 0.197 e. The fourth-order valence-corrected chi connectivity index (χ4v) is 2.33. The van der Waals surface area contributed by atoms with Gasteiger partial charge in [0.15, 0.2) is 5.16 Å². The van der Waals surface area contributed by atoms with E-state index >= 15 is 0 Å². The van der Waals surface area contributed by atoms with Gasteiger partial charge in [0.05, 0.1) is 0 Å². The van der Waals surface area contributed by atoms with E-state index < -0.39 is 0 Å². The normalized spacial score (nSPS) is 14.8. The van der Waals surface area contributed by atoms with Gasteiger partial charge in [-0.2, -0.15) is 0 Å². The monoisotopic (exact) mass is 263 g/mol. The molecule has 0 atom stereocenters. The average Bonchev–Trinajstić information content (AvgIpc) is 3.15. The number of nitrogen functional groups attached to an aromatic ring is 1. The van der Waals surface area contributed by atoms with E-state index in [2.05, 4.69) is 25.6 Å². The van der Waals surface area contributed by atoms with E-state index in [-0.39, 0.29) is 0 Å². The van der Waals surface area contributed by atoms with Crippen LogP contribution < -0.4 is 11.3 Å². The second-order valence-corrected chi connectivity index (χ2v) is 5.18. The summed E-state index contributed by atoms with van der Waals surface area (Å²) in [7, 11) is 1.90. The van der Waals surface area contributed by atoms with Crippen molar-refractivity contribution in [1.82, 2.24) is 24.7 Å². The van der Waals surface area contributed by atoms with Crippen molar-refractivity contribution in [1.29, 1.82) is 0 Å². The quantitative estimate of drug-likeness (QED) is 0.481. The Morgan fingerprint density at radius 3 is 2.89 bits per heavy atom. The highest BCUT2D eigenvalue weighted by atomic mass is 32.2. The second kappa shape index (κ2) is 4.54. The fourth-order valence-electron chi connectivity index (χ4n) is 1.55. The summed E-state index contributed by atoms with van der Waals surface area (Å²) in [6, 6.07) is 1.81. The molecule has 2 aromatic rings. The van der Waals surface area contributed by atoms with Gasteiger partial charge < -0.3 is 9.99 Å². The Morgan fingerprint density at radius 2 is 2.28 bits per heavy atom. The third kappa shape index (κ3) is 2.29. The van der Waals surface area contributed by atoms with Gasteiger partial charge in [-0.3, -0.25) is 0 Å². The van der Waals surface area contributed by atoms with Crippen LogP contribution in [0.2, 0.25) is 0 Å². The van der Waals surface area contributed by atoms with Crippen molar-refractivity contribution < 1.29 is 0 Å². The van der Waals surface area contributed by atoms with Gasteiger partial charge in [-0.25, -0.2) is 15.8 Å². The van der Waals surface area contributed by atoms with Crippen LogP contribution in [0.3, 0.4) is 0 Å². The fraction of sp³-hybridized carbons (Fsp3) is 0.400. The Bertz CT molecular complexity index is 563. The molecule has 0 unspecified atom stereocenters. The average molecular weight is 263 g/mol. The zero-order chi connectivity index (χ0) is 12.5. The van der Waals surface area contributed by atoms with Gasteiger partial charge in [0.1, 0.15) is 23.0 Å². The predicted octanol–water partition coefficient (Wildman–Crippen LogP) is 0.919. The minimum atomic E-state index is 0.483. The second-order valence-electron chi connectivity index (χ2n) is 4.19. The Labute approximate surface area is 108 Å². The third-order valence-electron chi connectivity index (χ3n) is 2.68. The molecule has 0 aliphatic heterocycles. The van der Waals surface area contributed by atoms with Crippen LogP contribution in [0.5, 0.6) is 0 Å². The lowest BCUT2D eigenvalue weighted by atomic mass is 10.4. The topological polar surface area (TPSA) is 94.5 Å². The molecule has 1 aliphatic carbocycles. The highest BCUT2D eigenvalue weighted by Gasteiger charge is 2.27. The molecule has 18 heavy (non-hydrogen) atoms. The van der Waals surface area contributed by atoms with Crippen LogP contribution in [0.4, 0.5) is 5.82 Å².